The second kappa shape index (κ2) is 7.09. The number of nitrogens with one attached hydrogen (secondary N) is 1. The van der Waals surface area contributed by atoms with Crippen LogP contribution in [0, 0.1) is 20.8 Å². The summed E-state index contributed by atoms with van der Waals surface area (Å²) in [6, 6.07) is 5.67. The van der Waals surface area contributed by atoms with Crippen LogP contribution in [0.4, 0.5) is 5.00 Å². The maximum Gasteiger partial charge on any atom is 0.257 e. The third-order valence-corrected chi connectivity index (χ3v) is 6.86. The molecule has 0 aliphatic carbocycles. The molecule has 0 aromatic carbocycles. The van der Waals surface area contributed by atoms with E-state index in [4.69, 9.17) is 10.7 Å². The highest BCUT2D eigenvalue weighted by Gasteiger charge is 2.23. The van der Waals surface area contributed by atoms with Crippen LogP contribution in [0.3, 0.4) is 0 Å². The van der Waals surface area contributed by atoms with Gasteiger partial charge in [0.25, 0.3) is 11.8 Å². The number of amides is 2. The molecule has 0 saturated heterocycles. The zero-order chi connectivity index (χ0) is 20.9. The lowest BCUT2D eigenvalue weighted by Crippen LogP contribution is -2.18. The smallest absolute Gasteiger partial charge is 0.257 e. The van der Waals surface area contributed by atoms with Crippen molar-refractivity contribution in [3.63, 3.8) is 0 Å². The molecular weight excluding hydrogens is 406 g/mol. The highest BCUT2D eigenvalue weighted by Crippen LogP contribution is 2.34. The summed E-state index contributed by atoms with van der Waals surface area (Å²) in [5, 5.41) is 10.4. The fraction of sp³-hybridized carbons (Fsp3) is 0.200. The monoisotopic (exact) mass is 425 g/mol. The van der Waals surface area contributed by atoms with Gasteiger partial charge in [0.15, 0.2) is 5.65 Å². The molecule has 0 aliphatic rings. The Morgan fingerprint density at radius 3 is 2.66 bits per heavy atom. The maximum absolute atomic E-state index is 13.3. The fourth-order valence-electron chi connectivity index (χ4n) is 3.36. The summed E-state index contributed by atoms with van der Waals surface area (Å²) in [7, 11) is 1.80. The zero-order valence-electron chi connectivity index (χ0n) is 16.4. The van der Waals surface area contributed by atoms with E-state index in [-0.39, 0.29) is 5.91 Å². The van der Waals surface area contributed by atoms with E-state index in [0.717, 1.165) is 15.3 Å². The molecule has 0 fully saturated rings. The van der Waals surface area contributed by atoms with E-state index in [1.54, 1.807) is 29.1 Å². The van der Waals surface area contributed by atoms with Crippen molar-refractivity contribution in [3.8, 4) is 10.6 Å². The van der Waals surface area contributed by atoms with E-state index in [1.165, 1.54) is 11.3 Å². The van der Waals surface area contributed by atoms with Gasteiger partial charge in [-0.25, -0.2) is 4.98 Å². The first-order valence-corrected chi connectivity index (χ1v) is 10.6. The van der Waals surface area contributed by atoms with Gasteiger partial charge in [-0.15, -0.1) is 22.7 Å². The van der Waals surface area contributed by atoms with E-state index >= 15 is 0 Å². The molecule has 4 aromatic rings. The molecule has 29 heavy (non-hydrogen) atoms. The molecule has 0 spiro atoms. The summed E-state index contributed by atoms with van der Waals surface area (Å²) >= 11 is 2.89. The number of hydrogen-bond donors (Lipinski definition) is 2. The second-order valence-electron chi connectivity index (χ2n) is 6.75. The molecular formula is C20H19N5O2S2. The third-order valence-electron chi connectivity index (χ3n) is 4.85. The van der Waals surface area contributed by atoms with Crippen molar-refractivity contribution in [3.05, 3.63) is 50.8 Å². The van der Waals surface area contributed by atoms with Crippen LogP contribution in [0.25, 0.3) is 21.6 Å². The van der Waals surface area contributed by atoms with E-state index in [2.05, 4.69) is 10.4 Å². The lowest BCUT2D eigenvalue weighted by Gasteiger charge is -2.09. The van der Waals surface area contributed by atoms with Crippen LogP contribution in [0.1, 0.15) is 36.9 Å². The third kappa shape index (κ3) is 3.22. The summed E-state index contributed by atoms with van der Waals surface area (Å²) in [5.41, 5.74) is 9.20. The van der Waals surface area contributed by atoms with Gasteiger partial charge in [0.05, 0.1) is 32.8 Å². The number of hydrogen-bond acceptors (Lipinski definition) is 6. The number of nitrogens with two attached hydrogens (primary N) is 1. The average Bonchev–Trinajstić information content (AvgIpc) is 3.35. The van der Waals surface area contributed by atoms with E-state index in [9.17, 15) is 9.59 Å². The number of primary amides is 1. The Labute approximate surface area is 175 Å². The number of nitrogens with zero attached hydrogens (tertiary/aromatic N) is 3. The van der Waals surface area contributed by atoms with Crippen molar-refractivity contribution in [2.75, 3.05) is 5.32 Å². The van der Waals surface area contributed by atoms with E-state index in [0.29, 0.717) is 38.5 Å². The van der Waals surface area contributed by atoms with Gasteiger partial charge in [-0.05, 0) is 43.8 Å². The van der Waals surface area contributed by atoms with Crippen LogP contribution in [-0.2, 0) is 7.05 Å². The van der Waals surface area contributed by atoms with Crippen molar-refractivity contribution in [1.82, 2.24) is 14.8 Å². The minimum atomic E-state index is -0.557. The van der Waals surface area contributed by atoms with E-state index < -0.39 is 5.91 Å². The van der Waals surface area contributed by atoms with Crippen LogP contribution in [0.15, 0.2) is 23.6 Å². The second-order valence-corrected chi connectivity index (χ2v) is 8.92. The molecule has 2 amide bonds. The Morgan fingerprint density at radius 1 is 1.24 bits per heavy atom. The van der Waals surface area contributed by atoms with Gasteiger partial charge in [0.1, 0.15) is 5.00 Å². The Kier molecular flexibility index (Phi) is 4.71. The van der Waals surface area contributed by atoms with Gasteiger partial charge in [0, 0.05) is 11.9 Å². The SMILES string of the molecule is Cc1sc(NC(=O)c2cc(-c3cccs3)nc3c2c(C)nn3C)c(C(N)=O)c1C. The van der Waals surface area contributed by atoms with Crippen LogP contribution in [0.2, 0.25) is 0 Å². The molecule has 3 N–H and O–H groups in total. The number of aryl methyl sites for hydroxylation is 3. The van der Waals surface area contributed by atoms with Crippen molar-refractivity contribution < 1.29 is 9.59 Å². The van der Waals surface area contributed by atoms with Gasteiger partial charge in [-0.3, -0.25) is 14.3 Å². The number of aromatic nitrogens is 3. The first-order chi connectivity index (χ1) is 13.8. The van der Waals surface area contributed by atoms with Crippen molar-refractivity contribution in [1.29, 1.82) is 0 Å². The standard InChI is InChI=1S/C20H19N5O2S2/c1-9-11(3)29-20(15(9)17(21)26)23-19(27)12-8-13(14-6-5-7-28-14)22-18-16(12)10(2)24-25(18)4/h5-8H,1-4H3,(H2,21,26)(H,23,27). The van der Waals surface area contributed by atoms with Crippen molar-refractivity contribution in [2.24, 2.45) is 12.8 Å². The lowest BCUT2D eigenvalue weighted by molar-refractivity contribution is 0.100. The predicted octanol–water partition coefficient (Wildman–Crippen LogP) is 4.03. The Morgan fingerprint density at radius 2 is 2.00 bits per heavy atom. The van der Waals surface area contributed by atoms with Crippen LogP contribution in [-0.4, -0.2) is 26.6 Å². The molecule has 148 valence electrons. The summed E-state index contributed by atoms with van der Waals surface area (Å²) in [4.78, 5) is 31.8. The normalized spacial score (nSPS) is 11.2. The topological polar surface area (TPSA) is 103 Å². The summed E-state index contributed by atoms with van der Waals surface area (Å²) in [5.74, 6) is -0.881. The molecule has 0 bridgehead atoms. The Bertz CT molecular complexity index is 1270. The molecule has 4 rings (SSSR count). The molecule has 0 aliphatic heterocycles. The van der Waals surface area contributed by atoms with Gasteiger partial charge in [-0.1, -0.05) is 6.07 Å². The van der Waals surface area contributed by atoms with E-state index in [1.807, 2.05) is 38.3 Å². The fourth-order valence-corrected chi connectivity index (χ4v) is 5.10. The van der Waals surface area contributed by atoms with Crippen molar-refractivity contribution >= 4 is 50.5 Å². The molecule has 0 saturated carbocycles. The van der Waals surface area contributed by atoms with Gasteiger partial charge >= 0.3 is 0 Å². The van der Waals surface area contributed by atoms with Gasteiger partial charge < -0.3 is 11.1 Å². The maximum atomic E-state index is 13.3. The lowest BCUT2D eigenvalue weighted by atomic mass is 10.1. The number of rotatable bonds is 4. The largest absolute Gasteiger partial charge is 0.365 e. The molecule has 9 heteroatoms. The number of fused-ring (bicyclic) bond motifs is 1. The van der Waals surface area contributed by atoms with Crippen LogP contribution in [0.5, 0.6) is 0 Å². The molecule has 0 unspecified atom stereocenters. The van der Waals surface area contributed by atoms with Crippen molar-refractivity contribution in [2.45, 2.75) is 20.8 Å². The number of carbonyl (C=O) groups is 2. The molecule has 4 aromatic heterocycles. The van der Waals surface area contributed by atoms with Gasteiger partial charge in [0.2, 0.25) is 0 Å². The number of thiophene rings is 2. The minimum Gasteiger partial charge on any atom is -0.365 e. The Balaban J connectivity index is 1.86. The summed E-state index contributed by atoms with van der Waals surface area (Å²) < 4.78 is 1.67. The minimum absolute atomic E-state index is 0.324. The average molecular weight is 426 g/mol. The first kappa shape index (κ1) is 19.3. The predicted molar refractivity (Wildman–Crippen MR) is 117 cm³/mol. The quantitative estimate of drug-likeness (QED) is 0.515. The first-order valence-electron chi connectivity index (χ1n) is 8.87. The summed E-state index contributed by atoms with van der Waals surface area (Å²) in [6.07, 6.45) is 0. The highest BCUT2D eigenvalue weighted by atomic mass is 32.1. The van der Waals surface area contributed by atoms with Crippen LogP contribution < -0.4 is 11.1 Å². The molecule has 0 atom stereocenters. The molecule has 0 radical (unpaired) electrons. The Hall–Kier alpha value is -3.04. The number of anilines is 1. The molecule has 7 nitrogen and oxygen atoms in total. The molecule has 4 heterocycles. The van der Waals surface area contributed by atoms with Gasteiger partial charge in [-0.2, -0.15) is 5.10 Å². The number of pyridine rings is 1. The summed E-state index contributed by atoms with van der Waals surface area (Å²) in [6.45, 7) is 5.57. The number of carbonyl (C=O) groups excluding carboxylic acids is 2. The van der Waals surface area contributed by atoms with Crippen LogP contribution >= 0.6 is 22.7 Å². The highest BCUT2D eigenvalue weighted by molar-refractivity contribution is 7.17. The zero-order valence-corrected chi connectivity index (χ0v) is 18.0.